The molecule has 0 radical (unpaired) electrons. The highest BCUT2D eigenvalue weighted by Gasteiger charge is 2.13. The van der Waals surface area contributed by atoms with Crippen LogP contribution in [0.1, 0.15) is 24.0 Å². The first-order chi connectivity index (χ1) is 8.22. The summed E-state index contributed by atoms with van der Waals surface area (Å²) in [5.41, 5.74) is 2.06. The van der Waals surface area contributed by atoms with Crippen molar-refractivity contribution in [2.24, 2.45) is 0 Å². The van der Waals surface area contributed by atoms with Crippen molar-refractivity contribution in [3.63, 3.8) is 0 Å². The van der Waals surface area contributed by atoms with Crippen LogP contribution in [0.4, 0.5) is 0 Å². The standard InChI is InChI=1S/C15H16O2/c1-11(12-6-4-3-5-7-12)14-10-13(17-2)8-9-15(14)16/h3-11,16H,1-2H3. The number of methoxy groups -OCH3 is 1. The lowest BCUT2D eigenvalue weighted by atomic mass is 9.92. The Bertz CT molecular complexity index is 492. The molecule has 0 aromatic heterocycles. The molecule has 0 fully saturated rings. The quantitative estimate of drug-likeness (QED) is 0.870. The molecule has 1 N–H and O–H groups in total. The van der Waals surface area contributed by atoms with Gasteiger partial charge in [0.05, 0.1) is 7.11 Å². The summed E-state index contributed by atoms with van der Waals surface area (Å²) < 4.78 is 5.18. The normalized spacial score (nSPS) is 12.1. The monoisotopic (exact) mass is 228 g/mol. The molecule has 88 valence electrons. The minimum atomic E-state index is 0.145. The summed E-state index contributed by atoms with van der Waals surface area (Å²) in [7, 11) is 1.63. The van der Waals surface area contributed by atoms with Crippen LogP contribution in [0.3, 0.4) is 0 Å². The van der Waals surface area contributed by atoms with Gasteiger partial charge in [-0.2, -0.15) is 0 Å². The topological polar surface area (TPSA) is 29.5 Å². The number of aromatic hydroxyl groups is 1. The van der Waals surface area contributed by atoms with Crippen LogP contribution >= 0.6 is 0 Å². The Hall–Kier alpha value is -1.96. The third-order valence-electron chi connectivity index (χ3n) is 3.00. The fraction of sp³-hybridized carbons (Fsp3) is 0.200. The van der Waals surface area contributed by atoms with Crippen LogP contribution in [0.25, 0.3) is 0 Å². The molecule has 1 unspecified atom stereocenters. The lowest BCUT2D eigenvalue weighted by molar-refractivity contribution is 0.410. The number of hydrogen-bond donors (Lipinski definition) is 1. The van der Waals surface area contributed by atoms with E-state index in [9.17, 15) is 5.11 Å². The summed E-state index contributed by atoms with van der Waals surface area (Å²) in [5, 5.41) is 9.91. The molecule has 2 heteroatoms. The first kappa shape index (κ1) is 11.5. The van der Waals surface area contributed by atoms with E-state index in [2.05, 4.69) is 19.1 Å². The van der Waals surface area contributed by atoms with Crippen LogP contribution in [0.15, 0.2) is 48.5 Å². The SMILES string of the molecule is COc1ccc(O)c(C(C)c2ccccc2)c1. The zero-order valence-corrected chi connectivity index (χ0v) is 10.1. The largest absolute Gasteiger partial charge is 0.508 e. The predicted molar refractivity (Wildman–Crippen MR) is 68.6 cm³/mol. The predicted octanol–water partition coefficient (Wildman–Crippen LogP) is 3.55. The first-order valence-corrected chi connectivity index (χ1v) is 5.64. The molecule has 0 bridgehead atoms. The van der Waals surface area contributed by atoms with Gasteiger partial charge in [0, 0.05) is 11.5 Å². The van der Waals surface area contributed by atoms with Gasteiger partial charge < -0.3 is 9.84 Å². The van der Waals surface area contributed by atoms with Gasteiger partial charge in [0.15, 0.2) is 0 Å². The summed E-state index contributed by atoms with van der Waals surface area (Å²) in [6, 6.07) is 15.4. The molecular formula is C15H16O2. The molecule has 1 atom stereocenters. The van der Waals surface area contributed by atoms with Gasteiger partial charge >= 0.3 is 0 Å². The Balaban J connectivity index is 2.40. The maximum Gasteiger partial charge on any atom is 0.119 e. The zero-order valence-electron chi connectivity index (χ0n) is 10.1. The van der Waals surface area contributed by atoms with Crippen molar-refractivity contribution in [2.75, 3.05) is 7.11 Å². The molecule has 2 aromatic carbocycles. The lowest BCUT2D eigenvalue weighted by Crippen LogP contribution is -1.97. The van der Waals surface area contributed by atoms with E-state index in [1.54, 1.807) is 19.2 Å². The summed E-state index contributed by atoms with van der Waals surface area (Å²) in [6.45, 7) is 2.07. The fourth-order valence-electron chi connectivity index (χ4n) is 1.93. The Morgan fingerprint density at radius 2 is 1.76 bits per heavy atom. The number of rotatable bonds is 3. The zero-order chi connectivity index (χ0) is 12.3. The molecule has 0 aliphatic heterocycles. The molecule has 0 spiro atoms. The molecule has 0 heterocycles. The van der Waals surface area contributed by atoms with Crippen LogP contribution in [-0.2, 0) is 0 Å². The maximum atomic E-state index is 9.91. The smallest absolute Gasteiger partial charge is 0.119 e. The highest BCUT2D eigenvalue weighted by atomic mass is 16.5. The summed E-state index contributed by atoms with van der Waals surface area (Å²) in [6.07, 6.45) is 0. The molecule has 2 rings (SSSR count). The maximum absolute atomic E-state index is 9.91. The number of ether oxygens (including phenoxy) is 1. The number of hydrogen-bond acceptors (Lipinski definition) is 2. The van der Waals surface area contributed by atoms with Crippen molar-refractivity contribution in [1.82, 2.24) is 0 Å². The van der Waals surface area contributed by atoms with Crippen LogP contribution in [0.2, 0.25) is 0 Å². The number of phenols is 1. The fourth-order valence-corrected chi connectivity index (χ4v) is 1.93. The summed E-state index contributed by atoms with van der Waals surface area (Å²) in [5.74, 6) is 1.22. The summed E-state index contributed by atoms with van der Waals surface area (Å²) in [4.78, 5) is 0. The Morgan fingerprint density at radius 1 is 1.06 bits per heavy atom. The summed E-state index contributed by atoms with van der Waals surface area (Å²) >= 11 is 0. The van der Waals surface area contributed by atoms with Crippen molar-refractivity contribution < 1.29 is 9.84 Å². The lowest BCUT2D eigenvalue weighted by Gasteiger charge is -2.15. The molecule has 2 aromatic rings. The second-order valence-electron chi connectivity index (χ2n) is 4.06. The number of phenolic OH excluding ortho intramolecular Hbond substituents is 1. The third kappa shape index (κ3) is 2.41. The van der Waals surface area contributed by atoms with Gasteiger partial charge in [0.25, 0.3) is 0 Å². The van der Waals surface area contributed by atoms with E-state index < -0.39 is 0 Å². The first-order valence-electron chi connectivity index (χ1n) is 5.64. The Kier molecular flexibility index (Phi) is 3.33. The van der Waals surface area contributed by atoms with Gasteiger partial charge in [-0.3, -0.25) is 0 Å². The van der Waals surface area contributed by atoms with Gasteiger partial charge in [-0.05, 0) is 23.8 Å². The molecule has 0 amide bonds. The molecule has 0 aliphatic rings. The van der Waals surface area contributed by atoms with E-state index in [0.29, 0.717) is 5.75 Å². The molecule has 0 saturated heterocycles. The molecular weight excluding hydrogens is 212 g/mol. The van der Waals surface area contributed by atoms with Crippen molar-refractivity contribution in [1.29, 1.82) is 0 Å². The highest BCUT2D eigenvalue weighted by molar-refractivity contribution is 5.45. The minimum Gasteiger partial charge on any atom is -0.508 e. The number of benzene rings is 2. The van der Waals surface area contributed by atoms with E-state index in [-0.39, 0.29) is 5.92 Å². The van der Waals surface area contributed by atoms with E-state index in [1.807, 2.05) is 24.3 Å². The van der Waals surface area contributed by atoms with Crippen molar-refractivity contribution in [3.05, 3.63) is 59.7 Å². The Labute approximate surface area is 101 Å². The van der Waals surface area contributed by atoms with E-state index >= 15 is 0 Å². The highest BCUT2D eigenvalue weighted by Crippen LogP contribution is 2.33. The van der Waals surface area contributed by atoms with Gasteiger partial charge in [-0.1, -0.05) is 37.3 Å². The molecule has 17 heavy (non-hydrogen) atoms. The molecule has 0 aliphatic carbocycles. The van der Waals surface area contributed by atoms with Gasteiger partial charge in [0.2, 0.25) is 0 Å². The van der Waals surface area contributed by atoms with Gasteiger partial charge in [0.1, 0.15) is 11.5 Å². The van der Waals surface area contributed by atoms with Crippen molar-refractivity contribution in [3.8, 4) is 11.5 Å². The second-order valence-corrected chi connectivity index (χ2v) is 4.06. The molecule has 0 saturated carbocycles. The van der Waals surface area contributed by atoms with Crippen molar-refractivity contribution >= 4 is 0 Å². The van der Waals surface area contributed by atoms with E-state index in [0.717, 1.165) is 11.3 Å². The van der Waals surface area contributed by atoms with Gasteiger partial charge in [-0.25, -0.2) is 0 Å². The van der Waals surface area contributed by atoms with Crippen molar-refractivity contribution in [2.45, 2.75) is 12.8 Å². The molecule has 2 nitrogen and oxygen atoms in total. The van der Waals surface area contributed by atoms with Crippen LogP contribution in [0, 0.1) is 0 Å². The van der Waals surface area contributed by atoms with Crippen LogP contribution < -0.4 is 4.74 Å². The second kappa shape index (κ2) is 4.91. The Morgan fingerprint density at radius 3 is 2.41 bits per heavy atom. The average Bonchev–Trinajstić information content (AvgIpc) is 2.39. The average molecular weight is 228 g/mol. The third-order valence-corrected chi connectivity index (χ3v) is 3.00. The minimum absolute atomic E-state index is 0.145. The van der Waals surface area contributed by atoms with E-state index in [1.165, 1.54) is 5.56 Å². The van der Waals surface area contributed by atoms with Crippen LogP contribution in [-0.4, -0.2) is 12.2 Å². The van der Waals surface area contributed by atoms with Crippen LogP contribution in [0.5, 0.6) is 11.5 Å². The van der Waals surface area contributed by atoms with E-state index in [4.69, 9.17) is 4.74 Å². The van der Waals surface area contributed by atoms with Gasteiger partial charge in [-0.15, -0.1) is 0 Å².